The fourth-order valence-corrected chi connectivity index (χ4v) is 3.82. The number of hydrogen-bond donors (Lipinski definition) is 1. The van der Waals surface area contributed by atoms with Gasteiger partial charge in [-0.1, -0.05) is 51.3 Å². The number of nitrogens with zero attached hydrogens (tertiary/aromatic N) is 3. The van der Waals surface area contributed by atoms with Gasteiger partial charge in [0.05, 0.1) is 11.7 Å². The van der Waals surface area contributed by atoms with Crippen LogP contribution in [0.2, 0.25) is 0 Å². The minimum absolute atomic E-state index is 0.00694. The summed E-state index contributed by atoms with van der Waals surface area (Å²) >= 11 is 0. The molecule has 1 amide bonds. The maximum absolute atomic E-state index is 13.1. The number of rotatable bonds is 4. The van der Waals surface area contributed by atoms with Crippen molar-refractivity contribution in [1.29, 1.82) is 0 Å². The van der Waals surface area contributed by atoms with Crippen molar-refractivity contribution in [3.05, 3.63) is 39.1 Å². The third-order valence-electron chi connectivity index (χ3n) is 5.66. The predicted octanol–water partition coefficient (Wildman–Crippen LogP) is 4.61. The van der Waals surface area contributed by atoms with Gasteiger partial charge in [0.25, 0.3) is 11.5 Å². The lowest BCUT2D eigenvalue weighted by atomic mass is 9.96. The first-order valence-corrected chi connectivity index (χ1v) is 10.3. The van der Waals surface area contributed by atoms with E-state index < -0.39 is 5.91 Å². The Morgan fingerprint density at radius 1 is 1.21 bits per heavy atom. The molecule has 0 radical (unpaired) electrons. The van der Waals surface area contributed by atoms with Gasteiger partial charge >= 0.3 is 0 Å². The molecule has 1 fully saturated rings. The number of nitrogens with one attached hydrogen (secondary N) is 1. The van der Waals surface area contributed by atoms with E-state index in [1.165, 1.54) is 6.42 Å². The van der Waals surface area contributed by atoms with Crippen molar-refractivity contribution in [2.45, 2.75) is 72.8 Å². The molecule has 29 heavy (non-hydrogen) atoms. The molecular weight excluding hydrogens is 368 g/mol. The van der Waals surface area contributed by atoms with Gasteiger partial charge in [0.2, 0.25) is 0 Å². The fraction of sp³-hybridized carbons (Fsp3) is 0.591. The number of carbonyl (C=O) groups excluding carboxylic acids is 1. The molecule has 2 aromatic heterocycles. The van der Waals surface area contributed by atoms with Gasteiger partial charge in [-0.15, -0.1) is 0 Å². The second-order valence-corrected chi connectivity index (χ2v) is 9.10. The summed E-state index contributed by atoms with van der Waals surface area (Å²) in [6.07, 6.45) is 9.32. The predicted molar refractivity (Wildman–Crippen MR) is 114 cm³/mol. The highest BCUT2D eigenvalue weighted by molar-refractivity contribution is 6.04. The molecule has 3 rings (SSSR count). The molecule has 158 valence electrons. The Balaban J connectivity index is 1.86. The van der Waals surface area contributed by atoms with E-state index in [2.05, 4.69) is 31.2 Å². The quantitative estimate of drug-likeness (QED) is 0.812. The Labute approximate surface area is 171 Å². The van der Waals surface area contributed by atoms with E-state index in [1.54, 1.807) is 11.6 Å². The topological polar surface area (TPSA) is 82.1 Å². The lowest BCUT2D eigenvalue weighted by Gasteiger charge is -2.24. The van der Waals surface area contributed by atoms with E-state index in [1.807, 2.05) is 30.8 Å². The average molecular weight is 401 g/mol. The molecule has 2 aromatic rings. The molecule has 0 aliphatic heterocycles. The molecule has 0 bridgehead atoms. The maximum Gasteiger partial charge on any atom is 0.291 e. The summed E-state index contributed by atoms with van der Waals surface area (Å²) in [5.41, 5.74) is 1.75. The number of carbonyl (C=O) groups is 1. The van der Waals surface area contributed by atoms with Gasteiger partial charge in [0, 0.05) is 12.6 Å². The summed E-state index contributed by atoms with van der Waals surface area (Å²) in [7, 11) is 1.87. The van der Waals surface area contributed by atoms with Crippen molar-refractivity contribution in [2.24, 2.45) is 12.5 Å². The van der Waals surface area contributed by atoms with Crippen LogP contribution in [0.1, 0.15) is 86.4 Å². The van der Waals surface area contributed by atoms with Gasteiger partial charge in [-0.25, -0.2) is 4.68 Å². The van der Waals surface area contributed by atoms with Crippen LogP contribution in [0.4, 0.5) is 5.69 Å². The molecule has 0 aromatic carbocycles. The van der Waals surface area contributed by atoms with Crippen LogP contribution in [0.25, 0.3) is 6.08 Å². The third kappa shape index (κ3) is 4.38. The zero-order valence-corrected chi connectivity index (χ0v) is 18.3. The van der Waals surface area contributed by atoms with E-state index in [0.717, 1.165) is 31.4 Å². The molecule has 2 heterocycles. The van der Waals surface area contributed by atoms with Crippen molar-refractivity contribution in [2.75, 3.05) is 5.32 Å². The monoisotopic (exact) mass is 400 g/mol. The molecular formula is C22H32N4O3. The molecule has 1 aliphatic rings. The normalized spacial score (nSPS) is 15.9. The van der Waals surface area contributed by atoms with Crippen molar-refractivity contribution >= 4 is 17.7 Å². The van der Waals surface area contributed by atoms with Crippen LogP contribution in [0.5, 0.6) is 0 Å². The maximum atomic E-state index is 13.1. The molecule has 7 heteroatoms. The average Bonchev–Trinajstić information content (AvgIpc) is 3.13. The summed E-state index contributed by atoms with van der Waals surface area (Å²) in [4.78, 5) is 25.9. The molecule has 7 nitrogen and oxygen atoms in total. The Kier molecular flexibility index (Phi) is 5.87. The van der Waals surface area contributed by atoms with E-state index in [0.29, 0.717) is 17.0 Å². The first-order valence-electron chi connectivity index (χ1n) is 10.3. The van der Waals surface area contributed by atoms with Gasteiger partial charge in [-0.2, -0.15) is 0 Å². The van der Waals surface area contributed by atoms with Crippen LogP contribution in [-0.2, 0) is 7.05 Å². The number of amides is 1. The van der Waals surface area contributed by atoms with Crippen molar-refractivity contribution < 1.29 is 9.32 Å². The summed E-state index contributed by atoms with van der Waals surface area (Å²) in [6, 6.07) is 0.188. The molecule has 0 saturated heterocycles. The molecule has 0 spiro atoms. The summed E-state index contributed by atoms with van der Waals surface area (Å²) < 4.78 is 9.00. The van der Waals surface area contributed by atoms with Crippen LogP contribution in [-0.4, -0.2) is 20.4 Å². The highest BCUT2D eigenvalue weighted by Crippen LogP contribution is 2.28. The minimum Gasteiger partial charge on any atom is -0.356 e. The molecule has 0 unspecified atom stereocenters. The van der Waals surface area contributed by atoms with Gasteiger partial charge in [-0.05, 0) is 38.2 Å². The lowest BCUT2D eigenvalue weighted by Crippen LogP contribution is -2.29. The second kappa shape index (κ2) is 8.05. The SMILES string of the molecule is Cc1c(C(=O)Nc2c(C)n(C)n(C3CCCCC3)c2=O)noc1C=CC(C)(C)C. The standard InChI is InChI=1S/C22H32N4O3/c1-14-17(12-13-22(3,4)5)29-24-18(14)20(27)23-19-15(2)25(6)26(21(19)28)16-10-8-7-9-11-16/h12-13,16H,7-11H2,1-6H3,(H,23,27). The Bertz CT molecular complexity index is 979. The van der Waals surface area contributed by atoms with Crippen LogP contribution in [0.3, 0.4) is 0 Å². The van der Waals surface area contributed by atoms with Crippen LogP contribution in [0.15, 0.2) is 15.4 Å². The van der Waals surface area contributed by atoms with Gasteiger partial charge in [0.15, 0.2) is 11.5 Å². The first kappa shape index (κ1) is 21.1. The Morgan fingerprint density at radius 2 is 1.86 bits per heavy atom. The van der Waals surface area contributed by atoms with E-state index >= 15 is 0 Å². The molecule has 1 N–H and O–H groups in total. The highest BCUT2D eigenvalue weighted by Gasteiger charge is 2.26. The van der Waals surface area contributed by atoms with Crippen LogP contribution < -0.4 is 10.9 Å². The number of hydrogen-bond acceptors (Lipinski definition) is 4. The summed E-state index contributed by atoms with van der Waals surface area (Å²) in [5.74, 6) is 0.123. The zero-order valence-electron chi connectivity index (χ0n) is 18.3. The van der Waals surface area contributed by atoms with Crippen molar-refractivity contribution in [1.82, 2.24) is 14.5 Å². The van der Waals surface area contributed by atoms with Gasteiger partial charge < -0.3 is 9.84 Å². The van der Waals surface area contributed by atoms with Crippen LogP contribution >= 0.6 is 0 Å². The summed E-state index contributed by atoms with van der Waals surface area (Å²) in [6.45, 7) is 9.89. The molecule has 0 atom stereocenters. The van der Waals surface area contributed by atoms with E-state index in [-0.39, 0.29) is 22.7 Å². The fourth-order valence-electron chi connectivity index (χ4n) is 3.82. The third-order valence-corrected chi connectivity index (χ3v) is 5.66. The van der Waals surface area contributed by atoms with Crippen molar-refractivity contribution in [3.8, 4) is 0 Å². The highest BCUT2D eigenvalue weighted by atomic mass is 16.5. The minimum atomic E-state index is -0.428. The number of anilines is 1. The smallest absolute Gasteiger partial charge is 0.291 e. The number of aromatic nitrogens is 3. The van der Waals surface area contributed by atoms with E-state index in [4.69, 9.17) is 4.52 Å². The molecule has 1 saturated carbocycles. The largest absolute Gasteiger partial charge is 0.356 e. The lowest BCUT2D eigenvalue weighted by molar-refractivity contribution is 0.101. The Morgan fingerprint density at radius 3 is 2.48 bits per heavy atom. The van der Waals surface area contributed by atoms with E-state index in [9.17, 15) is 9.59 Å². The summed E-state index contributed by atoms with van der Waals surface area (Å²) in [5, 5.41) is 6.72. The second-order valence-electron chi connectivity index (χ2n) is 9.10. The first-order chi connectivity index (χ1) is 13.6. The van der Waals surface area contributed by atoms with Crippen LogP contribution in [0, 0.1) is 19.3 Å². The zero-order chi connectivity index (χ0) is 21.3. The molecule has 1 aliphatic carbocycles. The van der Waals surface area contributed by atoms with Gasteiger partial charge in [-0.3, -0.25) is 14.3 Å². The number of allylic oxidation sites excluding steroid dienone is 1. The van der Waals surface area contributed by atoms with Gasteiger partial charge in [0.1, 0.15) is 5.69 Å². The van der Waals surface area contributed by atoms with Crippen molar-refractivity contribution in [3.63, 3.8) is 0 Å². The Hall–Kier alpha value is -2.57.